The highest BCUT2D eigenvalue weighted by molar-refractivity contribution is 5.97. The molecule has 2 aromatic rings. The van der Waals surface area contributed by atoms with E-state index in [1.54, 1.807) is 12.4 Å². The van der Waals surface area contributed by atoms with Crippen LogP contribution in [0.4, 0.5) is 18.9 Å². The van der Waals surface area contributed by atoms with E-state index in [4.69, 9.17) is 4.74 Å². The Morgan fingerprint density at radius 1 is 1.31 bits per heavy atom. The van der Waals surface area contributed by atoms with Crippen molar-refractivity contribution in [2.24, 2.45) is 4.99 Å². The number of allylic oxidation sites excluding steroid dienone is 2. The Morgan fingerprint density at radius 3 is 2.62 bits per heavy atom. The van der Waals surface area contributed by atoms with Crippen LogP contribution in [0.25, 0.3) is 0 Å². The number of esters is 1. The predicted molar refractivity (Wildman–Crippen MR) is 111 cm³/mol. The van der Waals surface area contributed by atoms with Crippen LogP contribution in [-0.4, -0.2) is 46.4 Å². The van der Waals surface area contributed by atoms with Gasteiger partial charge in [0.25, 0.3) is 0 Å². The first-order valence-electron chi connectivity index (χ1n) is 9.91. The van der Waals surface area contributed by atoms with Crippen molar-refractivity contribution >= 4 is 17.4 Å². The normalized spacial score (nSPS) is 19.8. The number of halogens is 3. The number of rotatable bonds is 4. The minimum Gasteiger partial charge on any atom is -0.508 e. The molecule has 0 amide bonds. The Morgan fingerprint density at radius 2 is 2.03 bits per heavy atom. The van der Waals surface area contributed by atoms with Gasteiger partial charge in [0.1, 0.15) is 23.3 Å². The highest BCUT2D eigenvalue weighted by atomic mass is 19.4. The van der Waals surface area contributed by atoms with E-state index in [9.17, 15) is 23.1 Å². The third-order valence-corrected chi connectivity index (χ3v) is 5.73. The molecule has 2 aliphatic rings. The third-order valence-electron chi connectivity index (χ3n) is 5.73. The highest BCUT2D eigenvalue weighted by Crippen LogP contribution is 2.44. The molecule has 2 aliphatic heterocycles. The van der Waals surface area contributed by atoms with Crippen molar-refractivity contribution in [1.29, 1.82) is 0 Å². The first kappa shape index (κ1) is 21.7. The number of carbonyl (C=O) groups excluding carboxylic acids is 1. The number of phenolic OH excluding ortho intramolecular Hbond substituents is 1. The van der Waals surface area contributed by atoms with Crippen LogP contribution in [0.2, 0.25) is 0 Å². The van der Waals surface area contributed by atoms with Crippen LogP contribution in [0.1, 0.15) is 31.2 Å². The van der Waals surface area contributed by atoms with Gasteiger partial charge in [-0.25, -0.2) is 4.79 Å². The van der Waals surface area contributed by atoms with Crippen molar-refractivity contribution in [3.8, 4) is 5.75 Å². The average Bonchev–Trinajstić information content (AvgIpc) is 3.31. The first-order valence-corrected chi connectivity index (χ1v) is 9.91. The Bertz CT molecular complexity index is 1100. The average molecular weight is 446 g/mol. The van der Waals surface area contributed by atoms with Crippen molar-refractivity contribution in [3.63, 3.8) is 0 Å². The molecular formula is C22H21F3N4O3. The number of phenols is 1. The van der Waals surface area contributed by atoms with Crippen LogP contribution in [0, 0.1) is 0 Å². The summed E-state index contributed by atoms with van der Waals surface area (Å²) in [6, 6.07) is 5.86. The van der Waals surface area contributed by atoms with Crippen molar-refractivity contribution in [1.82, 2.24) is 10.2 Å². The van der Waals surface area contributed by atoms with Gasteiger partial charge in [-0.15, -0.1) is 0 Å². The fraction of sp³-hybridized carbons (Fsp3) is 0.318. The van der Waals surface area contributed by atoms with E-state index in [-0.39, 0.29) is 30.2 Å². The fourth-order valence-corrected chi connectivity index (χ4v) is 4.04. The lowest BCUT2D eigenvalue weighted by Crippen LogP contribution is -2.45. The first-order chi connectivity index (χ1) is 15.2. The summed E-state index contributed by atoms with van der Waals surface area (Å²) < 4.78 is 45.4. The van der Waals surface area contributed by atoms with Crippen molar-refractivity contribution in [2.75, 3.05) is 12.0 Å². The molecule has 0 saturated carbocycles. The predicted octanol–water partition coefficient (Wildman–Crippen LogP) is 4.22. The van der Waals surface area contributed by atoms with Crippen LogP contribution in [0.15, 0.2) is 64.6 Å². The van der Waals surface area contributed by atoms with Gasteiger partial charge in [0.05, 0.1) is 13.3 Å². The topological polar surface area (TPSA) is 90.8 Å². The summed E-state index contributed by atoms with van der Waals surface area (Å²) in [5.41, 5.74) is 1.78. The third kappa shape index (κ3) is 3.88. The monoisotopic (exact) mass is 446 g/mol. The molecule has 1 aromatic carbocycles. The number of dihydropyridines is 1. The molecule has 0 fully saturated rings. The van der Waals surface area contributed by atoms with Crippen LogP contribution < -0.4 is 4.90 Å². The van der Waals surface area contributed by atoms with Crippen molar-refractivity contribution in [3.05, 3.63) is 65.1 Å². The van der Waals surface area contributed by atoms with E-state index in [1.807, 2.05) is 6.92 Å². The molecule has 0 radical (unpaired) electrons. The number of hydrogen-bond acceptors (Lipinski definition) is 6. The summed E-state index contributed by atoms with van der Waals surface area (Å²) in [5, 5.41) is 16.4. The molecule has 3 heterocycles. The minimum absolute atomic E-state index is 0.0137. The lowest BCUT2D eigenvalue weighted by Gasteiger charge is -2.42. The smallest absolute Gasteiger partial charge is 0.429 e. The van der Waals surface area contributed by atoms with Crippen LogP contribution in [-0.2, 0) is 9.53 Å². The van der Waals surface area contributed by atoms with Gasteiger partial charge in [0.15, 0.2) is 0 Å². The van der Waals surface area contributed by atoms with Gasteiger partial charge < -0.3 is 14.7 Å². The van der Waals surface area contributed by atoms with Crippen molar-refractivity contribution < 1.29 is 27.8 Å². The maximum atomic E-state index is 13.5. The van der Waals surface area contributed by atoms with Gasteiger partial charge in [0.2, 0.25) is 0 Å². The number of methoxy groups -OCH3 is 1. The van der Waals surface area contributed by atoms with Crippen LogP contribution in [0.3, 0.4) is 0 Å². The molecular weight excluding hydrogens is 425 g/mol. The molecule has 32 heavy (non-hydrogen) atoms. The standard InChI is InChI=1S/C22H21F3N4O3/c1-12(14-10-26-27-11-14)17-9-13-3-8-18(22(23,24)25)28-20(13)29(19(17)21(31)32-2)15-4-6-16(30)7-5-15/h3-7,10-12,20,30H,8-9H2,1-2H3,(H,26,27). The minimum atomic E-state index is -4.58. The van der Waals surface area contributed by atoms with Gasteiger partial charge in [0, 0.05) is 24.2 Å². The Labute approximate surface area is 181 Å². The number of H-pyrrole nitrogens is 1. The number of anilines is 1. The number of alkyl halides is 3. The second kappa shape index (κ2) is 8.18. The molecule has 2 atom stereocenters. The Kier molecular flexibility index (Phi) is 5.53. The summed E-state index contributed by atoms with van der Waals surface area (Å²) in [5.74, 6) is -0.964. The number of aromatic nitrogens is 2. The number of aliphatic imine (C=N–C) groups is 1. The number of benzene rings is 1. The Balaban J connectivity index is 1.94. The molecule has 0 spiro atoms. The molecule has 2 unspecified atom stereocenters. The number of carbonyl (C=O) groups is 1. The summed E-state index contributed by atoms with van der Waals surface area (Å²) >= 11 is 0. The summed E-state index contributed by atoms with van der Waals surface area (Å²) in [4.78, 5) is 18.4. The summed E-state index contributed by atoms with van der Waals surface area (Å²) in [6.45, 7) is 1.90. The molecule has 1 aromatic heterocycles. The number of aromatic amines is 1. The maximum absolute atomic E-state index is 13.5. The number of nitrogens with one attached hydrogen (secondary N) is 1. The summed E-state index contributed by atoms with van der Waals surface area (Å²) in [7, 11) is 1.22. The van der Waals surface area contributed by atoms with E-state index in [0.717, 1.165) is 5.56 Å². The second-order valence-electron chi connectivity index (χ2n) is 7.61. The lowest BCUT2D eigenvalue weighted by molar-refractivity contribution is -0.136. The maximum Gasteiger partial charge on any atom is 0.429 e. The van der Waals surface area contributed by atoms with Crippen molar-refractivity contribution in [2.45, 2.75) is 38.0 Å². The van der Waals surface area contributed by atoms with Crippen LogP contribution >= 0.6 is 0 Å². The van der Waals surface area contributed by atoms with E-state index in [1.165, 1.54) is 42.4 Å². The van der Waals surface area contributed by atoms with Gasteiger partial charge in [-0.2, -0.15) is 18.3 Å². The van der Waals surface area contributed by atoms with Gasteiger partial charge in [-0.3, -0.25) is 10.1 Å². The van der Waals surface area contributed by atoms with Gasteiger partial charge in [-0.1, -0.05) is 13.0 Å². The van der Waals surface area contributed by atoms with Crippen LogP contribution in [0.5, 0.6) is 5.75 Å². The SMILES string of the molecule is COC(=O)C1=C(C(C)c2cn[nH]c2)CC2=CCC(C(F)(F)F)=NC2N1c1ccc(O)cc1. The highest BCUT2D eigenvalue weighted by Gasteiger charge is 2.43. The molecule has 10 heteroatoms. The largest absolute Gasteiger partial charge is 0.508 e. The molecule has 0 aliphatic carbocycles. The van der Waals surface area contributed by atoms with Gasteiger partial charge >= 0.3 is 12.1 Å². The summed E-state index contributed by atoms with van der Waals surface area (Å²) in [6.07, 6.45) is -0.826. The molecule has 2 N–H and O–H groups in total. The lowest BCUT2D eigenvalue weighted by atomic mass is 9.83. The molecule has 0 bridgehead atoms. The number of hydrogen-bond donors (Lipinski definition) is 2. The number of aromatic hydroxyl groups is 1. The van der Waals surface area contributed by atoms with E-state index in [2.05, 4.69) is 15.2 Å². The Hall–Kier alpha value is -3.56. The van der Waals surface area contributed by atoms with E-state index >= 15 is 0 Å². The fourth-order valence-electron chi connectivity index (χ4n) is 4.04. The molecule has 4 rings (SSSR count). The molecule has 0 saturated heterocycles. The number of ether oxygens (including phenoxy) is 1. The zero-order valence-electron chi connectivity index (χ0n) is 17.3. The number of nitrogens with zero attached hydrogens (tertiary/aromatic N) is 3. The second-order valence-corrected chi connectivity index (χ2v) is 7.61. The quantitative estimate of drug-likeness (QED) is 0.542. The molecule has 168 valence electrons. The zero-order valence-corrected chi connectivity index (χ0v) is 17.3. The van der Waals surface area contributed by atoms with E-state index < -0.39 is 24.0 Å². The zero-order chi connectivity index (χ0) is 23.0. The number of fused-ring (bicyclic) bond motifs is 1. The van der Waals surface area contributed by atoms with E-state index in [0.29, 0.717) is 16.8 Å². The van der Waals surface area contributed by atoms with Gasteiger partial charge in [-0.05, 0) is 47.4 Å². The molecule has 7 nitrogen and oxygen atoms in total.